The summed E-state index contributed by atoms with van der Waals surface area (Å²) in [4.78, 5) is 9.97. The maximum atomic E-state index is 12.4. The van der Waals surface area contributed by atoms with E-state index in [-0.39, 0.29) is 6.54 Å². The second kappa shape index (κ2) is 2.71. The fourth-order valence-corrected chi connectivity index (χ4v) is 0.893. The van der Waals surface area contributed by atoms with Crippen molar-refractivity contribution in [3.05, 3.63) is 0 Å². The summed E-state index contributed by atoms with van der Waals surface area (Å²) in [6, 6.07) is -6.49. The molecular weight excluding hydrogens is 199 g/mol. The quantitative estimate of drug-likeness (QED) is 0.504. The summed E-state index contributed by atoms with van der Waals surface area (Å²) in [5, 5.41) is 1.85. The lowest BCUT2D eigenvalue weighted by Crippen LogP contribution is -2.53. The second-order valence-electron chi connectivity index (χ2n) is 2.42. The van der Waals surface area contributed by atoms with Gasteiger partial charge in [-0.1, -0.05) is 0 Å². The first-order valence-electron chi connectivity index (χ1n) is 3.27. The van der Waals surface area contributed by atoms with Crippen molar-refractivity contribution in [2.75, 3.05) is 13.1 Å². The van der Waals surface area contributed by atoms with E-state index in [1.54, 1.807) is 0 Å². The van der Waals surface area contributed by atoms with E-state index in [4.69, 9.17) is 0 Å². The zero-order chi connectivity index (χ0) is 10.3. The molecular formula is C5H5F5N2O. The molecule has 1 fully saturated rings. The molecule has 1 rings (SSSR count). The minimum Gasteiger partial charge on any atom is -0.336 e. The average Bonchev–Trinajstić information content (AvgIpc) is 2.32. The maximum absolute atomic E-state index is 12.4. The number of hydrogen-bond donors (Lipinski definition) is 1. The molecule has 0 atom stereocenters. The molecule has 1 heterocycles. The van der Waals surface area contributed by atoms with Crippen LogP contribution in [0.2, 0.25) is 0 Å². The van der Waals surface area contributed by atoms with Gasteiger partial charge in [-0.2, -0.15) is 22.0 Å². The first kappa shape index (κ1) is 10.0. The third-order valence-corrected chi connectivity index (χ3v) is 1.54. The Kier molecular flexibility index (Phi) is 2.08. The van der Waals surface area contributed by atoms with Gasteiger partial charge < -0.3 is 5.32 Å². The van der Waals surface area contributed by atoms with Gasteiger partial charge in [0.1, 0.15) is 0 Å². The van der Waals surface area contributed by atoms with Gasteiger partial charge >= 0.3 is 18.3 Å². The van der Waals surface area contributed by atoms with Crippen molar-refractivity contribution >= 4 is 6.03 Å². The van der Waals surface area contributed by atoms with Crippen LogP contribution in [0, 0.1) is 0 Å². The van der Waals surface area contributed by atoms with Crippen molar-refractivity contribution in [1.29, 1.82) is 0 Å². The monoisotopic (exact) mass is 204 g/mol. The minimum atomic E-state index is -5.73. The number of rotatable bonds is 1. The van der Waals surface area contributed by atoms with E-state index in [1.807, 2.05) is 5.32 Å². The van der Waals surface area contributed by atoms with Crippen LogP contribution in [0.3, 0.4) is 0 Å². The molecule has 76 valence electrons. The highest BCUT2D eigenvalue weighted by molar-refractivity contribution is 5.76. The zero-order valence-electron chi connectivity index (χ0n) is 6.16. The summed E-state index contributed by atoms with van der Waals surface area (Å²) in [6.45, 7) is -0.851. The summed E-state index contributed by atoms with van der Waals surface area (Å²) in [5.41, 5.74) is 0. The van der Waals surface area contributed by atoms with E-state index < -0.39 is 29.7 Å². The normalized spacial score (nSPS) is 19.2. The minimum absolute atomic E-state index is 0.204. The van der Waals surface area contributed by atoms with Gasteiger partial charge in [-0.05, 0) is 0 Å². The number of amides is 2. The fourth-order valence-electron chi connectivity index (χ4n) is 0.893. The average molecular weight is 204 g/mol. The molecule has 0 aromatic carbocycles. The number of carbonyl (C=O) groups is 1. The molecule has 1 aliphatic heterocycles. The van der Waals surface area contributed by atoms with Crippen molar-refractivity contribution in [3.63, 3.8) is 0 Å². The molecule has 0 spiro atoms. The van der Waals surface area contributed by atoms with Crippen LogP contribution in [0.1, 0.15) is 0 Å². The second-order valence-corrected chi connectivity index (χ2v) is 2.42. The highest BCUT2D eigenvalue weighted by Crippen LogP contribution is 2.38. The van der Waals surface area contributed by atoms with Crippen LogP contribution in [0.15, 0.2) is 0 Å². The van der Waals surface area contributed by atoms with Crippen molar-refractivity contribution < 1.29 is 26.7 Å². The number of carbonyl (C=O) groups excluding carboxylic acids is 1. The van der Waals surface area contributed by atoms with E-state index in [0.29, 0.717) is 0 Å². The Bertz CT molecular complexity index is 225. The summed E-state index contributed by atoms with van der Waals surface area (Å²) in [7, 11) is 0. The predicted octanol–water partition coefficient (Wildman–Crippen LogP) is 1.17. The van der Waals surface area contributed by atoms with Gasteiger partial charge in [-0.3, -0.25) is 4.90 Å². The molecule has 0 radical (unpaired) electrons. The van der Waals surface area contributed by atoms with E-state index in [0.717, 1.165) is 0 Å². The van der Waals surface area contributed by atoms with Gasteiger partial charge in [0.15, 0.2) is 0 Å². The highest BCUT2D eigenvalue weighted by atomic mass is 19.4. The molecule has 2 amide bonds. The molecule has 0 saturated carbocycles. The molecule has 0 bridgehead atoms. The molecule has 0 aliphatic carbocycles. The Hall–Kier alpha value is -1.08. The third-order valence-electron chi connectivity index (χ3n) is 1.54. The summed E-state index contributed by atoms with van der Waals surface area (Å²) in [5.74, 6) is 0. The Morgan fingerprint density at radius 1 is 1.23 bits per heavy atom. The van der Waals surface area contributed by atoms with Crippen molar-refractivity contribution in [2.24, 2.45) is 0 Å². The summed E-state index contributed by atoms with van der Waals surface area (Å²) >= 11 is 0. The zero-order valence-corrected chi connectivity index (χ0v) is 6.16. The Morgan fingerprint density at radius 3 is 2.08 bits per heavy atom. The largest absolute Gasteiger partial charge is 0.475 e. The topological polar surface area (TPSA) is 32.3 Å². The highest BCUT2D eigenvalue weighted by Gasteiger charge is 2.64. The van der Waals surface area contributed by atoms with Crippen LogP contribution in [-0.4, -0.2) is 36.2 Å². The molecule has 0 unspecified atom stereocenters. The third kappa shape index (κ3) is 1.52. The predicted molar refractivity (Wildman–Crippen MR) is 31.1 cm³/mol. The fraction of sp³-hybridized carbons (Fsp3) is 0.800. The number of nitrogens with zero attached hydrogens (tertiary/aromatic N) is 1. The van der Waals surface area contributed by atoms with Crippen LogP contribution in [0.25, 0.3) is 0 Å². The SMILES string of the molecule is O=C1NCCN1C(F)(F)C(F)(F)F. The van der Waals surface area contributed by atoms with E-state index >= 15 is 0 Å². The van der Waals surface area contributed by atoms with Crippen LogP contribution in [0.4, 0.5) is 26.7 Å². The number of urea groups is 1. The smallest absolute Gasteiger partial charge is 0.336 e. The lowest BCUT2D eigenvalue weighted by molar-refractivity contribution is -0.326. The number of alkyl halides is 5. The van der Waals surface area contributed by atoms with Crippen LogP contribution in [-0.2, 0) is 0 Å². The van der Waals surface area contributed by atoms with Crippen LogP contribution >= 0.6 is 0 Å². The molecule has 0 aromatic rings. The van der Waals surface area contributed by atoms with Gasteiger partial charge in [0, 0.05) is 13.1 Å². The molecule has 1 saturated heterocycles. The lowest BCUT2D eigenvalue weighted by Gasteiger charge is -2.27. The van der Waals surface area contributed by atoms with Gasteiger partial charge in [-0.15, -0.1) is 0 Å². The van der Waals surface area contributed by atoms with E-state index in [2.05, 4.69) is 0 Å². The molecule has 3 nitrogen and oxygen atoms in total. The number of hydrogen-bond acceptors (Lipinski definition) is 1. The first-order valence-corrected chi connectivity index (χ1v) is 3.27. The van der Waals surface area contributed by atoms with E-state index in [1.165, 1.54) is 0 Å². The van der Waals surface area contributed by atoms with E-state index in [9.17, 15) is 26.7 Å². The lowest BCUT2D eigenvalue weighted by atomic mass is 10.4. The molecule has 1 aliphatic rings. The van der Waals surface area contributed by atoms with Gasteiger partial charge in [0.25, 0.3) is 0 Å². The van der Waals surface area contributed by atoms with Crippen molar-refractivity contribution in [2.45, 2.75) is 12.2 Å². The van der Waals surface area contributed by atoms with Gasteiger partial charge in [0.2, 0.25) is 0 Å². The van der Waals surface area contributed by atoms with Crippen LogP contribution in [0.5, 0.6) is 0 Å². The Balaban J connectivity index is 2.86. The first-order chi connectivity index (χ1) is 5.77. The maximum Gasteiger partial charge on any atom is 0.475 e. The molecule has 8 heteroatoms. The standard InChI is InChI=1S/C5H5F5N2O/c6-4(7,8)5(9,10)12-2-1-11-3(12)13/h1-2H2,(H,11,13). The van der Waals surface area contributed by atoms with Gasteiger partial charge in [-0.25, -0.2) is 4.79 Å². The number of halogens is 5. The Morgan fingerprint density at radius 2 is 1.77 bits per heavy atom. The summed E-state index contributed by atoms with van der Waals surface area (Å²) in [6.07, 6.45) is -5.73. The molecule has 0 aromatic heterocycles. The molecule has 1 N–H and O–H groups in total. The number of nitrogens with one attached hydrogen (secondary N) is 1. The molecule has 13 heavy (non-hydrogen) atoms. The van der Waals surface area contributed by atoms with Crippen molar-refractivity contribution in [1.82, 2.24) is 10.2 Å². The van der Waals surface area contributed by atoms with Crippen molar-refractivity contribution in [3.8, 4) is 0 Å². The Labute approximate surface area is 69.5 Å². The summed E-state index contributed by atoms with van der Waals surface area (Å²) < 4.78 is 59.9. The van der Waals surface area contributed by atoms with Gasteiger partial charge in [0.05, 0.1) is 0 Å². The van der Waals surface area contributed by atoms with Crippen LogP contribution < -0.4 is 5.32 Å².